The van der Waals surface area contributed by atoms with Crippen molar-refractivity contribution >= 4 is 11.8 Å². The van der Waals surface area contributed by atoms with Crippen LogP contribution in [-0.2, 0) is 13.0 Å². The van der Waals surface area contributed by atoms with E-state index in [-0.39, 0.29) is 24.1 Å². The van der Waals surface area contributed by atoms with Crippen LogP contribution in [0, 0.1) is 5.92 Å². The zero-order chi connectivity index (χ0) is 26.1. The highest BCUT2D eigenvalue weighted by Gasteiger charge is 2.23. The summed E-state index contributed by atoms with van der Waals surface area (Å²) in [5, 5.41) is 6.71. The highest BCUT2D eigenvalue weighted by Crippen LogP contribution is 2.38. The maximum Gasteiger partial charge on any atom is 0.273 e. The second-order valence-electron chi connectivity index (χ2n) is 8.66. The maximum atomic E-state index is 13.7. The summed E-state index contributed by atoms with van der Waals surface area (Å²) in [7, 11) is 4.51. The lowest BCUT2D eigenvalue weighted by Crippen LogP contribution is -2.32. The van der Waals surface area contributed by atoms with Crippen LogP contribution in [-0.4, -0.2) is 56.3 Å². The summed E-state index contributed by atoms with van der Waals surface area (Å²) in [4.78, 5) is 27.7. The fourth-order valence-corrected chi connectivity index (χ4v) is 3.62. The molecule has 0 aliphatic carbocycles. The maximum absolute atomic E-state index is 13.7. The predicted molar refractivity (Wildman–Crippen MR) is 135 cm³/mol. The molecular weight excluding hydrogens is 462 g/mol. The van der Waals surface area contributed by atoms with E-state index in [2.05, 4.69) is 10.5 Å². The molecule has 0 atom stereocenters. The van der Waals surface area contributed by atoms with Crippen molar-refractivity contribution in [1.82, 2.24) is 15.4 Å². The third-order valence-electron chi connectivity index (χ3n) is 5.52. The van der Waals surface area contributed by atoms with Gasteiger partial charge in [-0.1, -0.05) is 49.3 Å². The van der Waals surface area contributed by atoms with E-state index in [1.165, 1.54) is 21.3 Å². The molecule has 1 heterocycles. The van der Waals surface area contributed by atoms with Gasteiger partial charge in [0.15, 0.2) is 23.0 Å². The molecular formula is C27H33N3O6. The van der Waals surface area contributed by atoms with Crippen molar-refractivity contribution < 1.29 is 28.3 Å². The van der Waals surface area contributed by atoms with Crippen molar-refractivity contribution in [3.8, 4) is 17.2 Å². The van der Waals surface area contributed by atoms with E-state index < -0.39 is 0 Å². The number of rotatable bonds is 12. The molecule has 0 saturated heterocycles. The Kier molecular flexibility index (Phi) is 9.32. The number of nitrogens with one attached hydrogen (secondary N) is 1. The average Bonchev–Trinajstić information content (AvgIpc) is 3.37. The van der Waals surface area contributed by atoms with Gasteiger partial charge in [0.2, 0.25) is 5.75 Å². The first-order valence-corrected chi connectivity index (χ1v) is 11.7. The third kappa shape index (κ3) is 6.78. The summed E-state index contributed by atoms with van der Waals surface area (Å²) in [6.07, 6.45) is 0.632. The second kappa shape index (κ2) is 12.6. The van der Waals surface area contributed by atoms with Crippen LogP contribution in [0.1, 0.15) is 46.0 Å². The summed E-state index contributed by atoms with van der Waals surface area (Å²) >= 11 is 0. The van der Waals surface area contributed by atoms with Gasteiger partial charge in [0.1, 0.15) is 0 Å². The number of nitrogens with zero attached hydrogens (tertiary/aromatic N) is 2. The molecule has 3 rings (SSSR count). The van der Waals surface area contributed by atoms with Crippen LogP contribution in [0.2, 0.25) is 0 Å². The SMILES string of the molecule is COc1cc(C(=O)N(CCc2ccccc2)Cc2cc(C(=O)NCC(C)C)no2)cc(OC)c1OC. The average molecular weight is 496 g/mol. The molecule has 9 nitrogen and oxygen atoms in total. The number of aromatic nitrogens is 1. The summed E-state index contributed by atoms with van der Waals surface area (Å²) < 4.78 is 21.6. The summed E-state index contributed by atoms with van der Waals surface area (Å²) in [6.45, 7) is 5.09. The van der Waals surface area contributed by atoms with Gasteiger partial charge < -0.3 is 29.0 Å². The van der Waals surface area contributed by atoms with Gasteiger partial charge >= 0.3 is 0 Å². The molecule has 0 aliphatic heterocycles. The topological polar surface area (TPSA) is 103 Å². The molecule has 9 heteroatoms. The number of carbonyl (C=O) groups is 2. The number of ether oxygens (including phenoxy) is 3. The molecule has 2 amide bonds. The lowest BCUT2D eigenvalue weighted by atomic mass is 10.1. The summed E-state index contributed by atoms with van der Waals surface area (Å²) in [5.74, 6) is 1.31. The molecule has 0 fully saturated rings. The zero-order valence-corrected chi connectivity index (χ0v) is 21.4. The quantitative estimate of drug-likeness (QED) is 0.405. The number of carbonyl (C=O) groups excluding carboxylic acids is 2. The number of methoxy groups -OCH3 is 3. The van der Waals surface area contributed by atoms with Crippen LogP contribution >= 0.6 is 0 Å². The second-order valence-corrected chi connectivity index (χ2v) is 8.66. The Bertz CT molecular complexity index is 1130. The van der Waals surface area contributed by atoms with Crippen LogP contribution in [0.15, 0.2) is 53.1 Å². The van der Waals surface area contributed by atoms with Gasteiger partial charge in [-0.25, -0.2) is 0 Å². The lowest BCUT2D eigenvalue weighted by molar-refractivity contribution is 0.0728. The van der Waals surface area contributed by atoms with E-state index in [4.69, 9.17) is 18.7 Å². The van der Waals surface area contributed by atoms with Crippen LogP contribution in [0.3, 0.4) is 0 Å². The van der Waals surface area contributed by atoms with Gasteiger partial charge in [-0.05, 0) is 30.0 Å². The fraction of sp³-hybridized carbons (Fsp3) is 0.370. The van der Waals surface area contributed by atoms with Crippen LogP contribution in [0.25, 0.3) is 0 Å². The molecule has 36 heavy (non-hydrogen) atoms. The van der Waals surface area contributed by atoms with Crippen molar-refractivity contribution in [2.24, 2.45) is 5.92 Å². The zero-order valence-electron chi connectivity index (χ0n) is 21.4. The van der Waals surface area contributed by atoms with Gasteiger partial charge in [0.05, 0.1) is 27.9 Å². The van der Waals surface area contributed by atoms with Crippen molar-refractivity contribution in [3.63, 3.8) is 0 Å². The Morgan fingerprint density at radius 2 is 1.67 bits per heavy atom. The number of amides is 2. The van der Waals surface area contributed by atoms with E-state index in [0.29, 0.717) is 54.0 Å². The molecule has 0 radical (unpaired) electrons. The normalized spacial score (nSPS) is 10.7. The first kappa shape index (κ1) is 26.6. The van der Waals surface area contributed by atoms with E-state index in [1.54, 1.807) is 23.1 Å². The monoisotopic (exact) mass is 495 g/mol. The highest BCUT2D eigenvalue weighted by molar-refractivity contribution is 5.96. The first-order valence-electron chi connectivity index (χ1n) is 11.7. The molecule has 192 valence electrons. The third-order valence-corrected chi connectivity index (χ3v) is 5.52. The number of hydrogen-bond acceptors (Lipinski definition) is 7. The van der Waals surface area contributed by atoms with E-state index in [0.717, 1.165) is 5.56 Å². The molecule has 1 aromatic heterocycles. The van der Waals surface area contributed by atoms with Crippen LogP contribution in [0.5, 0.6) is 17.2 Å². The Morgan fingerprint density at radius 3 is 2.25 bits per heavy atom. The van der Waals surface area contributed by atoms with Gasteiger partial charge in [0, 0.05) is 24.7 Å². The Balaban J connectivity index is 1.86. The molecule has 1 N–H and O–H groups in total. The molecule has 0 bridgehead atoms. The molecule has 0 aliphatic rings. The Morgan fingerprint density at radius 1 is 1.00 bits per heavy atom. The minimum absolute atomic E-state index is 0.132. The highest BCUT2D eigenvalue weighted by atomic mass is 16.5. The predicted octanol–water partition coefficient (Wildman–Crippen LogP) is 3.97. The van der Waals surface area contributed by atoms with Crippen molar-refractivity contribution in [3.05, 3.63) is 71.1 Å². The van der Waals surface area contributed by atoms with Crippen molar-refractivity contribution in [2.45, 2.75) is 26.8 Å². The smallest absolute Gasteiger partial charge is 0.273 e. The van der Waals surface area contributed by atoms with Gasteiger partial charge in [-0.15, -0.1) is 0 Å². The Hall–Kier alpha value is -4.01. The first-order chi connectivity index (χ1) is 17.4. The summed E-state index contributed by atoms with van der Waals surface area (Å²) in [5.41, 5.74) is 1.63. The van der Waals surface area contributed by atoms with E-state index in [9.17, 15) is 9.59 Å². The molecule has 3 aromatic rings. The van der Waals surface area contributed by atoms with E-state index >= 15 is 0 Å². The molecule has 0 saturated carbocycles. The molecule has 0 unspecified atom stereocenters. The minimum Gasteiger partial charge on any atom is -0.493 e. The minimum atomic E-state index is -0.314. The van der Waals surface area contributed by atoms with Gasteiger partial charge in [-0.3, -0.25) is 9.59 Å². The van der Waals surface area contributed by atoms with Gasteiger partial charge in [0.25, 0.3) is 11.8 Å². The van der Waals surface area contributed by atoms with E-state index in [1.807, 2.05) is 44.2 Å². The standard InChI is InChI=1S/C27H33N3O6/c1-18(2)16-28-26(31)22-15-21(36-29-22)17-30(12-11-19-9-7-6-8-10-19)27(32)20-13-23(33-3)25(35-5)24(14-20)34-4/h6-10,13-15,18H,11-12,16-17H2,1-5H3,(H,28,31). The Labute approximate surface area is 211 Å². The lowest BCUT2D eigenvalue weighted by Gasteiger charge is -2.23. The molecule has 2 aromatic carbocycles. The number of benzene rings is 2. The van der Waals surface area contributed by atoms with Crippen LogP contribution in [0.4, 0.5) is 0 Å². The largest absolute Gasteiger partial charge is 0.493 e. The fourth-order valence-electron chi connectivity index (χ4n) is 3.62. The van der Waals surface area contributed by atoms with Gasteiger partial charge in [-0.2, -0.15) is 0 Å². The van der Waals surface area contributed by atoms with Crippen LogP contribution < -0.4 is 19.5 Å². The molecule has 0 spiro atoms. The summed E-state index contributed by atoms with van der Waals surface area (Å²) in [6, 6.07) is 14.7. The van der Waals surface area contributed by atoms with Crippen molar-refractivity contribution in [1.29, 1.82) is 0 Å². The van der Waals surface area contributed by atoms with Crippen molar-refractivity contribution in [2.75, 3.05) is 34.4 Å². The number of hydrogen-bond donors (Lipinski definition) is 1.